The Bertz CT molecular complexity index is 405. The van der Waals surface area contributed by atoms with E-state index in [0.29, 0.717) is 11.3 Å². The molecule has 1 heterocycles. The Balaban J connectivity index is 2.28. The van der Waals surface area contributed by atoms with E-state index in [1.807, 2.05) is 6.20 Å². The highest BCUT2D eigenvalue weighted by Crippen LogP contribution is 2.67. The van der Waals surface area contributed by atoms with Gasteiger partial charge in [-0.15, -0.1) is 0 Å². The Hall–Kier alpha value is -0.990. The number of hydrogen-bond donors (Lipinski definition) is 1. The van der Waals surface area contributed by atoms with Crippen LogP contribution in [0.5, 0.6) is 0 Å². The number of nitrogen functional groups attached to an aromatic ring is 1. The summed E-state index contributed by atoms with van der Waals surface area (Å²) in [6, 6.07) is 0. The van der Waals surface area contributed by atoms with Crippen LogP contribution in [0.3, 0.4) is 0 Å². The lowest BCUT2D eigenvalue weighted by Gasteiger charge is -2.34. The minimum Gasteiger partial charge on any atom is -0.323 e. The number of fused-ring (bicyclic) bond motifs is 5. The molecule has 0 aromatic carbocycles. The average molecular weight is 191 g/mol. The Morgan fingerprint density at radius 1 is 1.50 bits per heavy atom. The van der Waals surface area contributed by atoms with Crippen LogP contribution >= 0.6 is 0 Å². The van der Waals surface area contributed by atoms with Crippen LogP contribution < -0.4 is 5.84 Å². The maximum atomic E-state index is 5.69. The number of hydrogen-bond acceptors (Lipinski definition) is 2. The molecule has 0 aliphatic heterocycles. The van der Waals surface area contributed by atoms with E-state index in [2.05, 4.69) is 25.9 Å². The van der Waals surface area contributed by atoms with Crippen molar-refractivity contribution in [2.24, 2.45) is 5.41 Å². The van der Waals surface area contributed by atoms with Gasteiger partial charge in [0.1, 0.15) is 0 Å². The fourth-order valence-electron chi connectivity index (χ4n) is 3.56. The summed E-state index contributed by atoms with van der Waals surface area (Å²) in [5.41, 5.74) is 3.25. The van der Waals surface area contributed by atoms with Crippen molar-refractivity contribution in [3.8, 4) is 0 Å². The van der Waals surface area contributed by atoms with Gasteiger partial charge in [0, 0.05) is 5.41 Å². The molecule has 2 aliphatic carbocycles. The summed E-state index contributed by atoms with van der Waals surface area (Å²) < 4.78 is 0. The predicted molar refractivity (Wildman–Crippen MR) is 55.5 cm³/mol. The molecule has 76 valence electrons. The second-order valence-corrected chi connectivity index (χ2v) is 5.56. The van der Waals surface area contributed by atoms with Crippen LogP contribution in [0.2, 0.25) is 0 Å². The van der Waals surface area contributed by atoms with Gasteiger partial charge in [0.05, 0.1) is 11.9 Å². The molecule has 3 rings (SSSR count). The second-order valence-electron chi connectivity index (χ2n) is 5.56. The Labute approximate surface area is 84.3 Å². The molecule has 2 bridgehead atoms. The lowest BCUT2D eigenvalue weighted by molar-refractivity contribution is 0.224. The van der Waals surface area contributed by atoms with Crippen LogP contribution in [0.4, 0.5) is 0 Å². The van der Waals surface area contributed by atoms with E-state index in [1.54, 1.807) is 0 Å². The molecule has 1 saturated carbocycles. The third-order valence-corrected chi connectivity index (χ3v) is 4.88. The summed E-state index contributed by atoms with van der Waals surface area (Å²) in [6.07, 6.45) is 4.56. The maximum Gasteiger partial charge on any atom is 0.0744 e. The smallest absolute Gasteiger partial charge is 0.0744 e. The van der Waals surface area contributed by atoms with Gasteiger partial charge < -0.3 is 5.84 Å². The third kappa shape index (κ3) is 0.625. The van der Waals surface area contributed by atoms with Crippen molar-refractivity contribution in [2.75, 3.05) is 5.84 Å². The highest BCUT2D eigenvalue weighted by atomic mass is 15.5. The zero-order chi connectivity index (χ0) is 10.1. The first-order valence-corrected chi connectivity index (χ1v) is 5.32. The lowest BCUT2D eigenvalue weighted by atomic mass is 9.70. The number of rotatable bonds is 0. The minimum absolute atomic E-state index is 0.248. The van der Waals surface area contributed by atoms with Crippen LogP contribution in [0.25, 0.3) is 0 Å². The first-order chi connectivity index (χ1) is 6.47. The van der Waals surface area contributed by atoms with Crippen LogP contribution in [0, 0.1) is 5.41 Å². The third-order valence-electron chi connectivity index (χ3n) is 4.88. The van der Waals surface area contributed by atoms with E-state index in [0.717, 1.165) is 0 Å². The summed E-state index contributed by atoms with van der Waals surface area (Å²) in [5.74, 6) is 6.36. The molecule has 2 aliphatic rings. The van der Waals surface area contributed by atoms with Crippen LogP contribution in [0.1, 0.15) is 50.8 Å². The van der Waals surface area contributed by atoms with Gasteiger partial charge in [0.15, 0.2) is 0 Å². The molecule has 0 amide bonds. The van der Waals surface area contributed by atoms with E-state index >= 15 is 0 Å². The van der Waals surface area contributed by atoms with Crippen molar-refractivity contribution in [1.29, 1.82) is 0 Å². The molecule has 3 heteroatoms. The molecule has 2 atom stereocenters. The lowest BCUT2D eigenvalue weighted by Crippen LogP contribution is -2.32. The number of nitrogens with zero attached hydrogens (tertiary/aromatic N) is 2. The summed E-state index contributed by atoms with van der Waals surface area (Å²) >= 11 is 0. The van der Waals surface area contributed by atoms with Gasteiger partial charge >= 0.3 is 0 Å². The van der Waals surface area contributed by atoms with Crippen molar-refractivity contribution in [1.82, 2.24) is 9.89 Å². The Morgan fingerprint density at radius 2 is 2.21 bits per heavy atom. The molecule has 1 aromatic rings. The van der Waals surface area contributed by atoms with Crippen LogP contribution in [0.15, 0.2) is 6.20 Å². The topological polar surface area (TPSA) is 43.8 Å². The average Bonchev–Trinajstić information content (AvgIpc) is 2.59. The molecular weight excluding hydrogens is 174 g/mol. The summed E-state index contributed by atoms with van der Waals surface area (Å²) in [4.78, 5) is 1.48. The van der Waals surface area contributed by atoms with Crippen molar-refractivity contribution < 1.29 is 0 Å². The highest BCUT2D eigenvalue weighted by molar-refractivity contribution is 5.44. The molecule has 0 spiro atoms. The molecule has 2 N–H and O–H groups in total. The van der Waals surface area contributed by atoms with Crippen LogP contribution in [-0.4, -0.2) is 9.89 Å². The zero-order valence-electron chi connectivity index (χ0n) is 9.04. The number of nitrogens with two attached hydrogens (primary N) is 1. The highest BCUT2D eigenvalue weighted by Gasteiger charge is 2.61. The predicted octanol–water partition coefficient (Wildman–Crippen LogP) is 1.77. The quantitative estimate of drug-likeness (QED) is 0.635. The maximum absolute atomic E-state index is 5.69. The molecule has 0 saturated heterocycles. The van der Waals surface area contributed by atoms with Gasteiger partial charge in [-0.1, -0.05) is 20.8 Å². The molecule has 1 aromatic heterocycles. The van der Waals surface area contributed by atoms with Gasteiger partial charge in [-0.2, -0.15) is 9.89 Å². The first-order valence-electron chi connectivity index (χ1n) is 5.32. The Kier molecular flexibility index (Phi) is 1.19. The number of aromatic nitrogens is 2. The van der Waals surface area contributed by atoms with Gasteiger partial charge in [-0.05, 0) is 29.7 Å². The molecule has 1 fully saturated rings. The zero-order valence-corrected chi connectivity index (χ0v) is 9.04. The van der Waals surface area contributed by atoms with E-state index in [4.69, 9.17) is 5.84 Å². The standard InChI is InChI=1S/C11H17N3/c1-10(2)8-4-5-11(10,3)9-7(8)6-14(12)13-9/h6,8H,4-5,12H2,1-3H3/t8-,11?/m1/s1. The van der Waals surface area contributed by atoms with E-state index < -0.39 is 0 Å². The molecule has 1 unspecified atom stereocenters. The minimum atomic E-state index is 0.248. The SMILES string of the molecule is CC12CC[C@H](c3cn(N)nc31)C2(C)C. The van der Waals surface area contributed by atoms with Gasteiger partial charge in [-0.25, -0.2) is 0 Å². The van der Waals surface area contributed by atoms with Crippen molar-refractivity contribution >= 4 is 0 Å². The van der Waals surface area contributed by atoms with Crippen molar-refractivity contribution in [3.05, 3.63) is 17.5 Å². The van der Waals surface area contributed by atoms with Crippen molar-refractivity contribution in [3.63, 3.8) is 0 Å². The first kappa shape index (κ1) is 8.33. The van der Waals surface area contributed by atoms with E-state index in [-0.39, 0.29) is 5.41 Å². The Morgan fingerprint density at radius 3 is 2.86 bits per heavy atom. The largest absolute Gasteiger partial charge is 0.323 e. The molecule has 0 radical (unpaired) electrons. The van der Waals surface area contributed by atoms with Crippen LogP contribution in [-0.2, 0) is 5.41 Å². The van der Waals surface area contributed by atoms with Gasteiger partial charge in [0.25, 0.3) is 0 Å². The van der Waals surface area contributed by atoms with E-state index in [9.17, 15) is 0 Å². The second kappa shape index (κ2) is 2.00. The molecule has 14 heavy (non-hydrogen) atoms. The normalized spacial score (nSPS) is 37.5. The fourth-order valence-corrected chi connectivity index (χ4v) is 3.56. The summed E-state index contributed by atoms with van der Waals surface area (Å²) in [7, 11) is 0. The monoisotopic (exact) mass is 191 g/mol. The summed E-state index contributed by atoms with van der Waals surface area (Å²) in [5, 5.41) is 4.44. The van der Waals surface area contributed by atoms with Crippen molar-refractivity contribution in [2.45, 2.75) is 44.9 Å². The van der Waals surface area contributed by atoms with Gasteiger partial charge in [0.2, 0.25) is 0 Å². The fraction of sp³-hybridized carbons (Fsp3) is 0.727. The summed E-state index contributed by atoms with van der Waals surface area (Å²) in [6.45, 7) is 7.08. The molecular formula is C11H17N3. The van der Waals surface area contributed by atoms with E-state index in [1.165, 1.54) is 28.9 Å². The van der Waals surface area contributed by atoms with Gasteiger partial charge in [-0.3, -0.25) is 0 Å². The molecule has 3 nitrogen and oxygen atoms in total.